The van der Waals surface area contributed by atoms with Gasteiger partial charge in [-0.25, -0.2) is 0 Å². The Morgan fingerprint density at radius 1 is 0.594 bits per heavy atom. The lowest BCUT2D eigenvalue weighted by Gasteiger charge is -2.31. The third kappa shape index (κ3) is 12.8. The maximum Gasteiger partial charge on any atom is 0.246 e. The molecule has 2 heterocycles. The summed E-state index contributed by atoms with van der Waals surface area (Å²) in [6.07, 6.45) is 7.70. The second kappa shape index (κ2) is 24.8. The SMILES string of the molecule is CN[C@@H](C)C(=O)N[C@@H](CC#CC#CC[C@H](NC(=O)[C@H](C)NC)C(=O)N1CCC[C@H]1C(=O)N[C@@H]1CCCc2ccccc21)C(=O)N1CCC[C@H]1C(=O)N[C@@H]1CCCc2ccccc21.Cl.Cl. The molecule has 64 heavy (non-hydrogen) atoms. The molecular formula is C48H64Cl2N8O6. The molecule has 6 N–H and O–H groups in total. The first kappa shape index (κ1) is 51.5. The Bertz CT molecular complexity index is 1970. The maximum absolute atomic E-state index is 14.1. The molecule has 346 valence electrons. The van der Waals surface area contributed by atoms with E-state index in [4.69, 9.17) is 0 Å². The van der Waals surface area contributed by atoms with Crippen LogP contribution in [0.25, 0.3) is 0 Å². The van der Waals surface area contributed by atoms with Crippen LogP contribution in [0.5, 0.6) is 0 Å². The summed E-state index contributed by atoms with van der Waals surface area (Å²) in [6.45, 7) is 4.12. The quantitative estimate of drug-likeness (QED) is 0.157. The second-order valence-electron chi connectivity index (χ2n) is 16.8. The van der Waals surface area contributed by atoms with Crippen LogP contribution in [0.2, 0.25) is 0 Å². The van der Waals surface area contributed by atoms with Crippen molar-refractivity contribution in [3.63, 3.8) is 0 Å². The van der Waals surface area contributed by atoms with E-state index in [9.17, 15) is 28.8 Å². The molecule has 0 unspecified atom stereocenters. The van der Waals surface area contributed by atoms with Gasteiger partial charge in [-0.05, 0) is 126 Å². The standard InChI is InChI=1S/C48H62N8O6.2ClH/c1-31(49-3)43(57)53-39(47(61)55-29-15-27-41(55)45(59)51-37-25-13-19-33-17-9-11-21-35(33)37)23-7-5-6-8-24-40(54-44(58)32(2)50-4)48(62)56-30-16-28-42(56)46(60)52-38-26-14-20-34-18-10-12-22-36(34)38;;/h9-12,17-18,21-22,31-32,37-42,49-50H,13-16,19-20,23-30H2,1-4H3,(H,51,59)(H,52,60)(H,53,57)(H,54,58);2*1H/t31-,32-,37+,38+,39-,40-,41-,42-;;/m0../s1. The maximum atomic E-state index is 14.1. The number of nitrogens with zero attached hydrogens (tertiary/aromatic N) is 2. The summed E-state index contributed by atoms with van der Waals surface area (Å²) in [4.78, 5) is 84.9. The highest BCUT2D eigenvalue weighted by Gasteiger charge is 2.40. The summed E-state index contributed by atoms with van der Waals surface area (Å²) in [5, 5.41) is 17.8. The van der Waals surface area contributed by atoms with E-state index in [2.05, 4.69) is 67.7 Å². The molecule has 0 radical (unpaired) electrons. The lowest BCUT2D eigenvalue weighted by atomic mass is 9.87. The largest absolute Gasteiger partial charge is 0.347 e. The number of fused-ring (bicyclic) bond motifs is 2. The van der Waals surface area contributed by atoms with Crippen LogP contribution in [0.1, 0.15) is 112 Å². The molecule has 0 aromatic heterocycles. The van der Waals surface area contributed by atoms with Crippen molar-refractivity contribution in [3.05, 3.63) is 70.8 Å². The Hall–Kier alpha value is -5.12. The molecule has 2 aliphatic carbocycles. The van der Waals surface area contributed by atoms with Gasteiger partial charge < -0.3 is 41.7 Å². The Morgan fingerprint density at radius 3 is 1.38 bits per heavy atom. The van der Waals surface area contributed by atoms with Gasteiger partial charge in [-0.15, -0.1) is 24.8 Å². The fourth-order valence-corrected chi connectivity index (χ4v) is 9.00. The number of hydrogen-bond donors (Lipinski definition) is 6. The number of benzene rings is 2. The van der Waals surface area contributed by atoms with Crippen LogP contribution in [0.3, 0.4) is 0 Å². The number of hydrogen-bond acceptors (Lipinski definition) is 8. The lowest BCUT2D eigenvalue weighted by Crippen LogP contribution is -2.55. The number of halogens is 2. The van der Waals surface area contributed by atoms with Crippen molar-refractivity contribution in [1.29, 1.82) is 0 Å². The van der Waals surface area contributed by atoms with Gasteiger partial charge in [0.25, 0.3) is 0 Å². The molecule has 4 aliphatic rings. The normalized spacial score (nSPS) is 21.4. The molecular weight excluding hydrogens is 855 g/mol. The predicted octanol–water partition coefficient (Wildman–Crippen LogP) is 3.17. The first-order valence-electron chi connectivity index (χ1n) is 22.3. The highest BCUT2D eigenvalue weighted by atomic mass is 35.5. The summed E-state index contributed by atoms with van der Waals surface area (Å²) in [5.41, 5.74) is 4.67. The van der Waals surface area contributed by atoms with E-state index in [-0.39, 0.29) is 73.4 Å². The number of nitrogens with one attached hydrogen (secondary N) is 6. The number of rotatable bonds is 14. The highest BCUT2D eigenvalue weighted by molar-refractivity contribution is 5.95. The van der Waals surface area contributed by atoms with Gasteiger partial charge in [-0.1, -0.05) is 60.4 Å². The summed E-state index contributed by atoms with van der Waals surface area (Å²) >= 11 is 0. The summed E-state index contributed by atoms with van der Waals surface area (Å²) in [5.74, 6) is 9.38. The van der Waals surface area contributed by atoms with E-state index in [1.807, 2.05) is 36.4 Å². The molecule has 6 amide bonds. The number of likely N-dealkylation sites (N-methyl/N-ethyl adjacent to an activating group) is 2. The second-order valence-corrected chi connectivity index (χ2v) is 16.8. The van der Waals surface area contributed by atoms with Gasteiger partial charge >= 0.3 is 0 Å². The predicted molar refractivity (Wildman–Crippen MR) is 250 cm³/mol. The summed E-state index contributed by atoms with van der Waals surface area (Å²) < 4.78 is 0. The molecule has 2 aromatic carbocycles. The van der Waals surface area contributed by atoms with Crippen molar-refractivity contribution in [2.45, 2.75) is 139 Å². The fraction of sp³-hybridized carbons (Fsp3) is 0.542. The van der Waals surface area contributed by atoms with Gasteiger partial charge in [0.05, 0.1) is 24.2 Å². The third-order valence-electron chi connectivity index (χ3n) is 12.8. The molecule has 16 heteroatoms. The number of aryl methyl sites for hydroxylation is 2. The minimum atomic E-state index is -1.03. The average Bonchev–Trinajstić information content (AvgIpc) is 4.00. The third-order valence-corrected chi connectivity index (χ3v) is 12.8. The molecule has 2 aromatic rings. The van der Waals surface area contributed by atoms with Gasteiger partial charge in [0.2, 0.25) is 35.4 Å². The Balaban J connectivity index is 0.00000449. The smallest absolute Gasteiger partial charge is 0.246 e. The minimum absolute atomic E-state index is 0. The first-order chi connectivity index (χ1) is 30.0. The Labute approximate surface area is 390 Å². The topological polar surface area (TPSA) is 181 Å². The van der Waals surface area contributed by atoms with Crippen LogP contribution in [0, 0.1) is 23.7 Å². The molecule has 2 aliphatic heterocycles. The van der Waals surface area contributed by atoms with Crippen molar-refractivity contribution in [2.75, 3.05) is 27.2 Å². The highest BCUT2D eigenvalue weighted by Crippen LogP contribution is 2.32. The van der Waals surface area contributed by atoms with Crippen LogP contribution < -0.4 is 31.9 Å². The van der Waals surface area contributed by atoms with E-state index in [0.717, 1.165) is 49.7 Å². The van der Waals surface area contributed by atoms with Gasteiger partial charge in [-0.3, -0.25) is 28.8 Å². The average molecular weight is 920 g/mol. The van der Waals surface area contributed by atoms with Gasteiger partial charge in [0.1, 0.15) is 24.2 Å². The summed E-state index contributed by atoms with van der Waals surface area (Å²) in [7, 11) is 3.30. The molecule has 2 fully saturated rings. The molecule has 0 bridgehead atoms. The van der Waals surface area contributed by atoms with E-state index < -0.39 is 48.1 Å². The molecule has 8 atom stereocenters. The van der Waals surface area contributed by atoms with Gasteiger partial charge in [0, 0.05) is 25.9 Å². The zero-order valence-electron chi connectivity index (χ0n) is 37.3. The Morgan fingerprint density at radius 2 is 0.984 bits per heavy atom. The van der Waals surface area contributed by atoms with Crippen molar-refractivity contribution < 1.29 is 28.8 Å². The van der Waals surface area contributed by atoms with Crippen LogP contribution in [0.4, 0.5) is 0 Å². The molecule has 0 saturated carbocycles. The number of amides is 6. The van der Waals surface area contributed by atoms with Crippen molar-refractivity contribution >= 4 is 60.3 Å². The zero-order chi connectivity index (χ0) is 44.2. The van der Waals surface area contributed by atoms with Crippen LogP contribution >= 0.6 is 24.8 Å². The van der Waals surface area contributed by atoms with E-state index in [1.165, 1.54) is 11.1 Å². The molecule has 6 rings (SSSR count). The van der Waals surface area contributed by atoms with Crippen LogP contribution in [-0.4, -0.2) is 109 Å². The first-order valence-corrected chi connectivity index (χ1v) is 22.3. The zero-order valence-corrected chi connectivity index (χ0v) is 38.9. The van der Waals surface area contributed by atoms with E-state index >= 15 is 0 Å². The molecule has 0 spiro atoms. The monoisotopic (exact) mass is 918 g/mol. The van der Waals surface area contributed by atoms with Crippen molar-refractivity contribution in [3.8, 4) is 23.7 Å². The molecule has 2 saturated heterocycles. The van der Waals surface area contributed by atoms with Crippen molar-refractivity contribution in [2.24, 2.45) is 0 Å². The summed E-state index contributed by atoms with van der Waals surface area (Å²) in [6, 6.07) is 11.4. The molecule has 14 nitrogen and oxygen atoms in total. The van der Waals surface area contributed by atoms with Crippen LogP contribution in [0.15, 0.2) is 48.5 Å². The van der Waals surface area contributed by atoms with Crippen LogP contribution in [-0.2, 0) is 41.6 Å². The van der Waals surface area contributed by atoms with Crippen molar-refractivity contribution in [1.82, 2.24) is 41.7 Å². The van der Waals surface area contributed by atoms with Gasteiger partial charge in [0.15, 0.2) is 0 Å². The number of likely N-dealkylation sites (tertiary alicyclic amines) is 2. The Kier molecular flexibility index (Phi) is 20.0. The fourth-order valence-electron chi connectivity index (χ4n) is 9.00. The number of carbonyl (C=O) groups excluding carboxylic acids is 6. The number of carbonyl (C=O) groups is 6. The van der Waals surface area contributed by atoms with E-state index in [0.29, 0.717) is 38.8 Å². The minimum Gasteiger partial charge on any atom is -0.347 e. The van der Waals surface area contributed by atoms with Gasteiger partial charge in [-0.2, -0.15) is 0 Å². The lowest BCUT2D eigenvalue weighted by molar-refractivity contribution is -0.141. The van der Waals surface area contributed by atoms with E-state index in [1.54, 1.807) is 37.7 Å².